The molecule has 0 saturated carbocycles. The molecule has 0 saturated heterocycles. The van der Waals surface area contributed by atoms with E-state index >= 15 is 0 Å². The molecule has 2 nitrogen and oxygen atoms in total. The molecular formula is C22H25NO. The lowest BCUT2D eigenvalue weighted by Crippen LogP contribution is -2.16. The third-order valence-electron chi connectivity index (χ3n) is 4.48. The normalized spacial score (nSPS) is 16.1. The van der Waals surface area contributed by atoms with Crippen LogP contribution in [0.5, 0.6) is 0 Å². The Labute approximate surface area is 143 Å². The summed E-state index contributed by atoms with van der Waals surface area (Å²) >= 11 is 0. The Morgan fingerprint density at radius 1 is 1.00 bits per heavy atom. The number of dihydropyridines is 1. The van der Waals surface area contributed by atoms with Gasteiger partial charge in [-0.2, -0.15) is 0 Å². The van der Waals surface area contributed by atoms with Crippen molar-refractivity contribution >= 4 is 21.9 Å². The molecule has 0 amide bonds. The Kier molecular flexibility index (Phi) is 4.75. The Hall–Kier alpha value is -2.48. The summed E-state index contributed by atoms with van der Waals surface area (Å²) in [5.74, 6) is 0. The molecule has 1 unspecified atom stereocenters. The molecule has 1 aliphatic heterocycles. The van der Waals surface area contributed by atoms with Crippen molar-refractivity contribution in [3.63, 3.8) is 0 Å². The van der Waals surface area contributed by atoms with Crippen LogP contribution in [0.4, 0.5) is 0 Å². The summed E-state index contributed by atoms with van der Waals surface area (Å²) < 4.78 is 6.34. The lowest BCUT2D eigenvalue weighted by atomic mass is 9.96. The molecule has 124 valence electrons. The van der Waals surface area contributed by atoms with Gasteiger partial charge in [-0.15, -0.1) is 0 Å². The Balaban J connectivity index is 0.000000815. The molecule has 2 aromatic carbocycles. The highest BCUT2D eigenvalue weighted by Gasteiger charge is 2.19. The quantitative estimate of drug-likeness (QED) is 0.608. The molecule has 2 heteroatoms. The SMILES string of the molecule is CC.CCc1cccc2c1oc1c(C3C=CC=CN3)c(C)ccc12. The van der Waals surface area contributed by atoms with E-state index < -0.39 is 0 Å². The predicted molar refractivity (Wildman–Crippen MR) is 103 cm³/mol. The molecule has 1 N–H and O–H groups in total. The summed E-state index contributed by atoms with van der Waals surface area (Å²) in [5, 5.41) is 5.83. The minimum absolute atomic E-state index is 0.166. The van der Waals surface area contributed by atoms with E-state index in [4.69, 9.17) is 4.42 Å². The summed E-state index contributed by atoms with van der Waals surface area (Å²) in [6, 6.07) is 11.0. The van der Waals surface area contributed by atoms with Crippen LogP contribution in [0.2, 0.25) is 0 Å². The van der Waals surface area contributed by atoms with Crippen LogP contribution >= 0.6 is 0 Å². The van der Waals surface area contributed by atoms with E-state index in [1.807, 2.05) is 26.1 Å². The molecule has 0 bridgehead atoms. The highest BCUT2D eigenvalue weighted by atomic mass is 16.3. The fraction of sp³-hybridized carbons (Fsp3) is 0.273. The molecule has 0 aliphatic carbocycles. The number of allylic oxidation sites excluding steroid dienone is 2. The number of hydrogen-bond acceptors (Lipinski definition) is 2. The molecule has 0 fully saturated rings. The summed E-state index contributed by atoms with van der Waals surface area (Å²) in [7, 11) is 0. The smallest absolute Gasteiger partial charge is 0.141 e. The van der Waals surface area contributed by atoms with Gasteiger partial charge in [-0.1, -0.05) is 63.3 Å². The second-order valence-corrected chi connectivity index (χ2v) is 5.81. The summed E-state index contributed by atoms with van der Waals surface area (Å²) in [6.07, 6.45) is 9.24. The van der Waals surface area contributed by atoms with Crippen molar-refractivity contribution in [1.82, 2.24) is 5.32 Å². The zero-order valence-electron chi connectivity index (χ0n) is 14.9. The van der Waals surface area contributed by atoms with E-state index in [0.717, 1.165) is 17.6 Å². The van der Waals surface area contributed by atoms with E-state index in [-0.39, 0.29) is 6.04 Å². The number of rotatable bonds is 2. The first-order chi connectivity index (χ1) is 11.8. The third kappa shape index (κ3) is 2.62. The highest BCUT2D eigenvalue weighted by Crippen LogP contribution is 2.37. The number of fused-ring (bicyclic) bond motifs is 3. The van der Waals surface area contributed by atoms with Crippen molar-refractivity contribution in [3.8, 4) is 0 Å². The maximum atomic E-state index is 6.34. The first-order valence-electron chi connectivity index (χ1n) is 8.82. The first kappa shape index (κ1) is 16.4. The second kappa shape index (κ2) is 6.96. The van der Waals surface area contributed by atoms with Crippen molar-refractivity contribution < 1.29 is 4.42 Å². The zero-order valence-corrected chi connectivity index (χ0v) is 14.9. The molecule has 1 aromatic heterocycles. The lowest BCUT2D eigenvalue weighted by molar-refractivity contribution is 0.643. The van der Waals surface area contributed by atoms with Gasteiger partial charge in [0.15, 0.2) is 0 Å². The van der Waals surface area contributed by atoms with Crippen molar-refractivity contribution in [2.24, 2.45) is 0 Å². The van der Waals surface area contributed by atoms with E-state index in [1.165, 1.54) is 27.5 Å². The second-order valence-electron chi connectivity index (χ2n) is 5.81. The van der Waals surface area contributed by atoms with Crippen LogP contribution in [0.1, 0.15) is 43.5 Å². The van der Waals surface area contributed by atoms with Crippen LogP contribution in [0.3, 0.4) is 0 Å². The van der Waals surface area contributed by atoms with Gasteiger partial charge in [-0.3, -0.25) is 0 Å². The van der Waals surface area contributed by atoms with Gasteiger partial charge in [0.2, 0.25) is 0 Å². The minimum atomic E-state index is 0.166. The number of furan rings is 1. The maximum absolute atomic E-state index is 6.34. The Morgan fingerprint density at radius 2 is 1.79 bits per heavy atom. The summed E-state index contributed by atoms with van der Waals surface area (Å²) in [4.78, 5) is 0. The van der Waals surface area contributed by atoms with E-state index in [9.17, 15) is 0 Å². The van der Waals surface area contributed by atoms with Gasteiger partial charge in [-0.05, 0) is 36.7 Å². The van der Waals surface area contributed by atoms with Gasteiger partial charge in [0.25, 0.3) is 0 Å². The van der Waals surface area contributed by atoms with Gasteiger partial charge in [-0.25, -0.2) is 0 Å². The predicted octanol–water partition coefficient (Wildman–Crippen LogP) is 6.20. The zero-order chi connectivity index (χ0) is 17.1. The number of hydrogen-bond donors (Lipinski definition) is 1. The van der Waals surface area contributed by atoms with Crippen LogP contribution in [0.25, 0.3) is 21.9 Å². The highest BCUT2D eigenvalue weighted by molar-refractivity contribution is 6.07. The molecule has 2 heterocycles. The number of para-hydroxylation sites is 1. The minimum Gasteiger partial charge on any atom is -0.455 e. The van der Waals surface area contributed by atoms with Gasteiger partial charge < -0.3 is 9.73 Å². The molecular weight excluding hydrogens is 294 g/mol. The molecule has 3 aromatic rings. The van der Waals surface area contributed by atoms with E-state index in [2.05, 4.69) is 61.6 Å². The largest absolute Gasteiger partial charge is 0.455 e. The van der Waals surface area contributed by atoms with Crippen LogP contribution in [0.15, 0.2) is 59.2 Å². The fourth-order valence-corrected chi connectivity index (χ4v) is 3.33. The fourth-order valence-electron chi connectivity index (χ4n) is 3.33. The molecule has 1 atom stereocenters. The van der Waals surface area contributed by atoms with E-state index in [1.54, 1.807) is 0 Å². The van der Waals surface area contributed by atoms with Crippen molar-refractivity contribution in [2.75, 3.05) is 0 Å². The first-order valence-corrected chi connectivity index (χ1v) is 8.82. The maximum Gasteiger partial charge on any atom is 0.141 e. The molecule has 24 heavy (non-hydrogen) atoms. The van der Waals surface area contributed by atoms with Crippen molar-refractivity contribution in [1.29, 1.82) is 0 Å². The van der Waals surface area contributed by atoms with Gasteiger partial charge in [0, 0.05) is 16.3 Å². The molecule has 1 aliphatic rings. The summed E-state index contributed by atoms with van der Waals surface area (Å²) in [6.45, 7) is 8.32. The molecule has 0 spiro atoms. The van der Waals surface area contributed by atoms with Gasteiger partial charge in [0.05, 0.1) is 6.04 Å². The molecule has 4 rings (SSSR count). The van der Waals surface area contributed by atoms with Crippen LogP contribution < -0.4 is 5.32 Å². The van der Waals surface area contributed by atoms with Crippen molar-refractivity contribution in [3.05, 3.63) is 71.5 Å². The standard InChI is InChI=1S/C20H19NO.C2H6/c1-3-14-7-6-8-15-16-11-10-13(2)18(20(16)22-19(14)15)17-9-4-5-12-21-17;1-2/h4-12,17,21H,3H2,1-2H3;1-2H3. The number of aryl methyl sites for hydroxylation is 2. The van der Waals surface area contributed by atoms with Gasteiger partial charge in [0.1, 0.15) is 11.2 Å². The third-order valence-corrected chi connectivity index (χ3v) is 4.48. The van der Waals surface area contributed by atoms with Gasteiger partial charge >= 0.3 is 0 Å². The molecule has 0 radical (unpaired) electrons. The Morgan fingerprint density at radius 3 is 2.50 bits per heavy atom. The lowest BCUT2D eigenvalue weighted by Gasteiger charge is -2.18. The van der Waals surface area contributed by atoms with Crippen molar-refractivity contribution in [2.45, 2.75) is 40.2 Å². The van der Waals surface area contributed by atoms with E-state index in [0.29, 0.717) is 0 Å². The topological polar surface area (TPSA) is 25.2 Å². The van der Waals surface area contributed by atoms with Crippen LogP contribution in [-0.4, -0.2) is 0 Å². The number of benzene rings is 2. The summed E-state index contributed by atoms with van der Waals surface area (Å²) in [5.41, 5.74) is 5.79. The average Bonchev–Trinajstić information content (AvgIpc) is 3.02. The average molecular weight is 319 g/mol. The number of nitrogens with one attached hydrogen (secondary N) is 1. The Bertz CT molecular complexity index is 915. The van der Waals surface area contributed by atoms with Crippen LogP contribution in [0, 0.1) is 6.92 Å². The monoisotopic (exact) mass is 319 g/mol. The van der Waals surface area contributed by atoms with Crippen LogP contribution in [-0.2, 0) is 6.42 Å².